The van der Waals surface area contributed by atoms with Gasteiger partial charge in [0.2, 0.25) is 0 Å². The van der Waals surface area contributed by atoms with Crippen LogP contribution >= 0.6 is 0 Å². The van der Waals surface area contributed by atoms with Crippen LogP contribution in [0.1, 0.15) is 18.1 Å². The van der Waals surface area contributed by atoms with E-state index in [-0.39, 0.29) is 0 Å². The Bertz CT molecular complexity index is 358. The Morgan fingerprint density at radius 3 is 3.15 bits per heavy atom. The molecule has 1 aliphatic heterocycles. The third-order valence-corrected chi connectivity index (χ3v) is 2.28. The lowest BCUT2D eigenvalue weighted by molar-refractivity contribution is 0.319. The van der Waals surface area contributed by atoms with Crippen LogP contribution in [0.5, 0.6) is 5.75 Å². The first-order chi connectivity index (χ1) is 6.33. The van der Waals surface area contributed by atoms with Gasteiger partial charge in [-0.3, -0.25) is 0 Å². The monoisotopic (exact) mass is 177 g/mol. The van der Waals surface area contributed by atoms with Crippen molar-refractivity contribution in [1.82, 2.24) is 0 Å². The predicted molar refractivity (Wildman–Crippen MR) is 49.6 cm³/mol. The van der Waals surface area contributed by atoms with Crippen molar-refractivity contribution in [3.8, 4) is 5.75 Å². The Balaban J connectivity index is 2.53. The molecule has 0 saturated heterocycles. The molecule has 0 saturated carbocycles. The van der Waals surface area contributed by atoms with Crippen LogP contribution in [0, 0.1) is 0 Å². The summed E-state index contributed by atoms with van der Waals surface area (Å²) < 4.78 is 5.40. The minimum Gasteiger partial charge on any atom is -0.493 e. The van der Waals surface area contributed by atoms with Gasteiger partial charge in [-0.25, -0.2) is 0 Å². The first kappa shape index (κ1) is 8.10. The largest absolute Gasteiger partial charge is 0.493 e. The van der Waals surface area contributed by atoms with Gasteiger partial charge in [-0.2, -0.15) is 0 Å². The van der Waals surface area contributed by atoms with E-state index in [0.717, 1.165) is 29.9 Å². The maximum absolute atomic E-state index is 8.67. The van der Waals surface area contributed by atoms with Gasteiger partial charge in [-0.1, -0.05) is 17.3 Å². The molecule has 1 aromatic carbocycles. The van der Waals surface area contributed by atoms with Crippen LogP contribution in [0.2, 0.25) is 0 Å². The first-order valence-electron chi connectivity index (χ1n) is 4.26. The molecule has 3 nitrogen and oxygen atoms in total. The fourth-order valence-electron chi connectivity index (χ4n) is 1.61. The molecule has 13 heavy (non-hydrogen) atoms. The van der Waals surface area contributed by atoms with Gasteiger partial charge in [0.05, 0.1) is 12.3 Å². The molecule has 0 bridgehead atoms. The van der Waals surface area contributed by atoms with E-state index in [1.54, 1.807) is 6.92 Å². The summed E-state index contributed by atoms with van der Waals surface area (Å²) in [6, 6.07) is 5.80. The summed E-state index contributed by atoms with van der Waals surface area (Å²) in [5, 5.41) is 11.9. The van der Waals surface area contributed by atoms with Crippen molar-refractivity contribution in [2.75, 3.05) is 6.61 Å². The minimum absolute atomic E-state index is 0.641. The van der Waals surface area contributed by atoms with Gasteiger partial charge in [-0.05, 0) is 13.0 Å². The van der Waals surface area contributed by atoms with Crippen molar-refractivity contribution in [3.63, 3.8) is 0 Å². The van der Waals surface area contributed by atoms with Crippen LogP contribution in [0.4, 0.5) is 0 Å². The number of ether oxygens (including phenoxy) is 1. The van der Waals surface area contributed by atoms with Gasteiger partial charge >= 0.3 is 0 Å². The maximum atomic E-state index is 8.67. The van der Waals surface area contributed by atoms with Crippen molar-refractivity contribution in [1.29, 1.82) is 0 Å². The third kappa shape index (κ3) is 1.26. The van der Waals surface area contributed by atoms with E-state index in [9.17, 15) is 0 Å². The zero-order valence-electron chi connectivity index (χ0n) is 7.45. The van der Waals surface area contributed by atoms with E-state index < -0.39 is 0 Å². The van der Waals surface area contributed by atoms with Crippen LogP contribution in [0.3, 0.4) is 0 Å². The minimum atomic E-state index is 0.641. The standard InChI is InChI=1S/C10H11NO2/c1-7(11-12)8-3-2-4-10-9(8)5-6-13-10/h2-4,12H,5-6H2,1H3/b11-7+. The molecule has 0 fully saturated rings. The second-order valence-corrected chi connectivity index (χ2v) is 3.07. The molecule has 1 N–H and O–H groups in total. The van der Waals surface area contributed by atoms with E-state index in [1.165, 1.54) is 0 Å². The van der Waals surface area contributed by atoms with Crippen molar-refractivity contribution >= 4 is 5.71 Å². The Morgan fingerprint density at radius 2 is 2.38 bits per heavy atom. The molecule has 0 spiro atoms. The highest BCUT2D eigenvalue weighted by molar-refractivity contribution is 6.00. The lowest BCUT2D eigenvalue weighted by Gasteiger charge is -2.04. The molecule has 1 heterocycles. The number of nitrogens with zero attached hydrogens (tertiary/aromatic N) is 1. The first-order valence-corrected chi connectivity index (χ1v) is 4.26. The van der Waals surface area contributed by atoms with Crippen LogP contribution < -0.4 is 4.74 Å². The lowest BCUT2D eigenvalue weighted by Crippen LogP contribution is -1.98. The second-order valence-electron chi connectivity index (χ2n) is 3.07. The van der Waals surface area contributed by atoms with E-state index in [4.69, 9.17) is 9.94 Å². The summed E-state index contributed by atoms with van der Waals surface area (Å²) in [6.45, 7) is 2.51. The normalized spacial score (nSPS) is 15.3. The van der Waals surface area contributed by atoms with Gasteiger partial charge in [-0.15, -0.1) is 0 Å². The van der Waals surface area contributed by atoms with Crippen LogP contribution in [0.15, 0.2) is 23.4 Å². The number of rotatable bonds is 1. The molecule has 0 unspecified atom stereocenters. The number of hydrogen-bond donors (Lipinski definition) is 1. The summed E-state index contributed by atoms with van der Waals surface area (Å²) in [5.74, 6) is 0.917. The molecule has 0 aliphatic carbocycles. The summed E-state index contributed by atoms with van der Waals surface area (Å²) in [4.78, 5) is 0. The molecule has 0 aromatic heterocycles. The Labute approximate surface area is 76.6 Å². The maximum Gasteiger partial charge on any atom is 0.123 e. The van der Waals surface area contributed by atoms with E-state index in [0.29, 0.717) is 5.71 Å². The molecule has 3 heteroatoms. The molecule has 1 aliphatic rings. The van der Waals surface area contributed by atoms with Gasteiger partial charge in [0, 0.05) is 17.5 Å². The van der Waals surface area contributed by atoms with Crippen molar-refractivity contribution in [2.45, 2.75) is 13.3 Å². The van der Waals surface area contributed by atoms with Crippen LogP contribution in [-0.4, -0.2) is 17.5 Å². The van der Waals surface area contributed by atoms with Crippen LogP contribution in [-0.2, 0) is 6.42 Å². The van der Waals surface area contributed by atoms with E-state index >= 15 is 0 Å². The molecule has 0 atom stereocenters. The van der Waals surface area contributed by atoms with Crippen molar-refractivity contribution < 1.29 is 9.94 Å². The number of oxime groups is 1. The summed E-state index contributed by atoms with van der Waals surface area (Å²) in [6.07, 6.45) is 0.901. The SMILES string of the molecule is C/C(=N\O)c1cccc2c1CCO2. The quantitative estimate of drug-likeness (QED) is 0.404. The van der Waals surface area contributed by atoms with Crippen molar-refractivity contribution in [3.05, 3.63) is 29.3 Å². The topological polar surface area (TPSA) is 41.8 Å². The van der Waals surface area contributed by atoms with Gasteiger partial charge in [0.25, 0.3) is 0 Å². The highest BCUT2D eigenvalue weighted by atomic mass is 16.5. The summed E-state index contributed by atoms with van der Waals surface area (Å²) >= 11 is 0. The Kier molecular flexibility index (Phi) is 1.93. The predicted octanol–water partition coefficient (Wildman–Crippen LogP) is 1.82. The molecular formula is C10H11NO2. The fraction of sp³-hybridized carbons (Fsp3) is 0.300. The summed E-state index contributed by atoms with van der Waals surface area (Å²) in [5.41, 5.74) is 2.78. The highest BCUT2D eigenvalue weighted by Crippen LogP contribution is 2.28. The molecule has 0 amide bonds. The molecular weight excluding hydrogens is 166 g/mol. The Morgan fingerprint density at radius 1 is 1.54 bits per heavy atom. The highest BCUT2D eigenvalue weighted by Gasteiger charge is 2.16. The van der Waals surface area contributed by atoms with Gasteiger partial charge < -0.3 is 9.94 Å². The van der Waals surface area contributed by atoms with E-state index in [2.05, 4.69) is 5.16 Å². The number of hydrogen-bond acceptors (Lipinski definition) is 3. The summed E-state index contributed by atoms with van der Waals surface area (Å²) in [7, 11) is 0. The average Bonchev–Trinajstić information content (AvgIpc) is 2.63. The van der Waals surface area contributed by atoms with Crippen molar-refractivity contribution in [2.24, 2.45) is 5.16 Å². The fourth-order valence-corrected chi connectivity index (χ4v) is 1.61. The molecule has 0 radical (unpaired) electrons. The van der Waals surface area contributed by atoms with E-state index in [1.807, 2.05) is 18.2 Å². The Hall–Kier alpha value is -1.51. The average molecular weight is 177 g/mol. The molecule has 68 valence electrons. The third-order valence-electron chi connectivity index (χ3n) is 2.28. The zero-order chi connectivity index (χ0) is 9.26. The zero-order valence-corrected chi connectivity index (χ0v) is 7.45. The smallest absolute Gasteiger partial charge is 0.123 e. The van der Waals surface area contributed by atoms with Crippen LogP contribution in [0.25, 0.3) is 0 Å². The lowest BCUT2D eigenvalue weighted by atomic mass is 10.0. The van der Waals surface area contributed by atoms with Gasteiger partial charge in [0.1, 0.15) is 5.75 Å². The molecule has 2 rings (SSSR count). The molecule has 1 aromatic rings. The van der Waals surface area contributed by atoms with Gasteiger partial charge in [0.15, 0.2) is 0 Å². The number of benzene rings is 1. The number of fused-ring (bicyclic) bond motifs is 1. The second kappa shape index (κ2) is 3.09.